The number of hydrogen-bond donors (Lipinski definition) is 3. The third kappa shape index (κ3) is 3.45. The summed E-state index contributed by atoms with van der Waals surface area (Å²) in [6.45, 7) is 2.46. The summed E-state index contributed by atoms with van der Waals surface area (Å²) in [7, 11) is 0. The molecule has 8 heteroatoms. The normalized spacial score (nSPS) is 19.8. The molecule has 3 heterocycles. The van der Waals surface area contributed by atoms with E-state index in [1.807, 2.05) is 30.3 Å². The van der Waals surface area contributed by atoms with Crippen LogP contribution >= 0.6 is 12.4 Å². The van der Waals surface area contributed by atoms with Crippen molar-refractivity contribution in [2.24, 2.45) is 0 Å². The summed E-state index contributed by atoms with van der Waals surface area (Å²) in [6.07, 6.45) is 1.11. The number of nitrogens with one attached hydrogen (secondary N) is 3. The maximum Gasteiger partial charge on any atom is 0.275 e. The van der Waals surface area contributed by atoms with Gasteiger partial charge in [-0.2, -0.15) is 5.10 Å². The summed E-state index contributed by atoms with van der Waals surface area (Å²) in [5, 5.41) is 13.4. The third-order valence-electron chi connectivity index (χ3n) is 4.88. The first-order valence-corrected chi connectivity index (χ1v) is 8.63. The second kappa shape index (κ2) is 7.88. The minimum absolute atomic E-state index is 0. The lowest BCUT2D eigenvalue weighted by Crippen LogP contribution is -2.37. The van der Waals surface area contributed by atoms with Crippen LogP contribution in [0.15, 0.2) is 30.3 Å². The summed E-state index contributed by atoms with van der Waals surface area (Å²) in [5.74, 6) is -0.151. The van der Waals surface area contributed by atoms with Crippen LogP contribution in [0.2, 0.25) is 0 Å². The molecule has 0 saturated carbocycles. The van der Waals surface area contributed by atoms with E-state index in [1.165, 1.54) is 0 Å². The zero-order valence-corrected chi connectivity index (χ0v) is 15.1. The van der Waals surface area contributed by atoms with Crippen molar-refractivity contribution in [2.45, 2.75) is 25.4 Å². The van der Waals surface area contributed by atoms with Crippen LogP contribution in [0.4, 0.5) is 0 Å². The number of aromatic amines is 1. The summed E-state index contributed by atoms with van der Waals surface area (Å²) in [6, 6.07) is 9.45. The van der Waals surface area contributed by atoms with Gasteiger partial charge in [0.2, 0.25) is 5.91 Å². The third-order valence-corrected chi connectivity index (χ3v) is 4.88. The van der Waals surface area contributed by atoms with Gasteiger partial charge in [0, 0.05) is 43.9 Å². The molecule has 1 atom stereocenters. The van der Waals surface area contributed by atoms with Gasteiger partial charge in [0.05, 0.1) is 12.5 Å². The first kappa shape index (κ1) is 18.4. The number of halogens is 1. The van der Waals surface area contributed by atoms with E-state index in [4.69, 9.17) is 0 Å². The second-order valence-corrected chi connectivity index (χ2v) is 6.44. The maximum atomic E-state index is 13.3. The predicted molar refractivity (Wildman–Crippen MR) is 99.1 cm³/mol. The fourth-order valence-corrected chi connectivity index (χ4v) is 3.58. The summed E-state index contributed by atoms with van der Waals surface area (Å²) in [4.78, 5) is 27.1. The second-order valence-electron chi connectivity index (χ2n) is 6.44. The SMILES string of the molecule is Cl.O=C1CC(c2ccccc2)N(C(=O)c2n[nH]c3c2CNCC3)CCN1. The van der Waals surface area contributed by atoms with Crippen LogP contribution in [0.25, 0.3) is 0 Å². The fourth-order valence-electron chi connectivity index (χ4n) is 3.58. The summed E-state index contributed by atoms with van der Waals surface area (Å²) >= 11 is 0. The molecule has 0 aliphatic carbocycles. The zero-order valence-electron chi connectivity index (χ0n) is 14.3. The lowest BCUT2D eigenvalue weighted by atomic mass is 10.0. The van der Waals surface area contributed by atoms with Crippen molar-refractivity contribution >= 4 is 24.2 Å². The van der Waals surface area contributed by atoms with Crippen LogP contribution in [0.5, 0.6) is 0 Å². The molecule has 7 nitrogen and oxygen atoms in total. The highest BCUT2D eigenvalue weighted by Gasteiger charge is 2.33. The molecule has 1 fully saturated rings. The Morgan fingerprint density at radius 1 is 1.19 bits per heavy atom. The Morgan fingerprint density at radius 3 is 2.81 bits per heavy atom. The lowest BCUT2D eigenvalue weighted by molar-refractivity contribution is -0.121. The van der Waals surface area contributed by atoms with E-state index in [9.17, 15) is 9.59 Å². The zero-order chi connectivity index (χ0) is 17.2. The van der Waals surface area contributed by atoms with E-state index in [2.05, 4.69) is 20.8 Å². The van der Waals surface area contributed by atoms with Gasteiger partial charge < -0.3 is 15.5 Å². The van der Waals surface area contributed by atoms with Crippen molar-refractivity contribution in [2.75, 3.05) is 19.6 Å². The molecule has 2 aliphatic rings. The molecular formula is C18H22ClN5O2. The largest absolute Gasteiger partial charge is 0.354 e. The van der Waals surface area contributed by atoms with Crippen LogP contribution < -0.4 is 10.6 Å². The Bertz CT molecular complexity index is 792. The summed E-state index contributed by atoms with van der Waals surface area (Å²) < 4.78 is 0. The number of rotatable bonds is 2. The van der Waals surface area contributed by atoms with E-state index >= 15 is 0 Å². The first-order chi connectivity index (χ1) is 12.2. The molecule has 4 rings (SSSR count). The van der Waals surface area contributed by atoms with E-state index in [-0.39, 0.29) is 36.7 Å². The number of amides is 2. The average Bonchev–Trinajstić information content (AvgIpc) is 2.98. The minimum atomic E-state index is -0.278. The van der Waals surface area contributed by atoms with Gasteiger partial charge in [-0.15, -0.1) is 12.4 Å². The van der Waals surface area contributed by atoms with E-state index in [0.717, 1.165) is 29.8 Å². The predicted octanol–water partition coefficient (Wildman–Crippen LogP) is 1.18. The van der Waals surface area contributed by atoms with Crippen molar-refractivity contribution in [1.29, 1.82) is 0 Å². The summed E-state index contributed by atoms with van der Waals surface area (Å²) in [5.41, 5.74) is 3.42. The van der Waals surface area contributed by atoms with Crippen molar-refractivity contribution in [3.05, 3.63) is 52.8 Å². The van der Waals surface area contributed by atoms with Gasteiger partial charge in [0.1, 0.15) is 0 Å². The number of carbonyl (C=O) groups excluding carboxylic acids is 2. The molecule has 2 aromatic rings. The maximum absolute atomic E-state index is 13.3. The molecule has 138 valence electrons. The van der Waals surface area contributed by atoms with E-state index in [0.29, 0.717) is 25.3 Å². The fraction of sp³-hybridized carbons (Fsp3) is 0.389. The molecule has 1 unspecified atom stereocenters. The highest BCUT2D eigenvalue weighted by Crippen LogP contribution is 2.28. The van der Waals surface area contributed by atoms with Crippen molar-refractivity contribution in [3.63, 3.8) is 0 Å². The van der Waals surface area contributed by atoms with Crippen molar-refractivity contribution < 1.29 is 9.59 Å². The lowest BCUT2D eigenvalue weighted by Gasteiger charge is -2.29. The van der Waals surface area contributed by atoms with Gasteiger partial charge in [-0.1, -0.05) is 30.3 Å². The Labute approximate surface area is 157 Å². The Morgan fingerprint density at radius 2 is 2.00 bits per heavy atom. The molecule has 1 saturated heterocycles. The minimum Gasteiger partial charge on any atom is -0.354 e. The van der Waals surface area contributed by atoms with Gasteiger partial charge in [-0.25, -0.2) is 0 Å². The molecule has 2 aliphatic heterocycles. The quantitative estimate of drug-likeness (QED) is 0.735. The van der Waals surface area contributed by atoms with E-state index in [1.54, 1.807) is 4.90 Å². The molecule has 26 heavy (non-hydrogen) atoms. The van der Waals surface area contributed by atoms with E-state index < -0.39 is 0 Å². The Balaban J connectivity index is 0.00000196. The number of carbonyl (C=O) groups is 2. The number of fused-ring (bicyclic) bond motifs is 1. The number of aromatic nitrogens is 2. The van der Waals surface area contributed by atoms with Gasteiger partial charge in [-0.05, 0) is 5.56 Å². The number of benzene rings is 1. The monoisotopic (exact) mass is 375 g/mol. The van der Waals surface area contributed by atoms with Crippen molar-refractivity contribution in [3.8, 4) is 0 Å². The highest BCUT2D eigenvalue weighted by molar-refractivity contribution is 5.95. The van der Waals surface area contributed by atoms with Gasteiger partial charge in [0.25, 0.3) is 5.91 Å². The molecule has 1 aromatic heterocycles. The molecule has 0 spiro atoms. The number of nitrogens with zero attached hydrogens (tertiary/aromatic N) is 2. The van der Waals surface area contributed by atoms with Crippen LogP contribution in [-0.4, -0.2) is 46.5 Å². The average molecular weight is 376 g/mol. The number of hydrogen-bond acceptors (Lipinski definition) is 4. The smallest absolute Gasteiger partial charge is 0.275 e. The van der Waals surface area contributed by atoms with Gasteiger partial charge >= 0.3 is 0 Å². The van der Waals surface area contributed by atoms with Crippen molar-refractivity contribution in [1.82, 2.24) is 25.7 Å². The van der Waals surface area contributed by atoms with Crippen LogP contribution in [0.1, 0.15) is 39.8 Å². The van der Waals surface area contributed by atoms with Gasteiger partial charge in [-0.3, -0.25) is 14.7 Å². The number of H-pyrrole nitrogens is 1. The molecule has 0 bridgehead atoms. The Kier molecular flexibility index (Phi) is 5.58. The van der Waals surface area contributed by atoms with Gasteiger partial charge in [0.15, 0.2) is 5.69 Å². The standard InChI is InChI=1S/C18H21N5O2.ClH/c24-16-10-15(12-4-2-1-3-5-12)23(9-8-20-16)18(25)17-13-11-19-7-6-14(13)21-22-17;/h1-5,15,19H,6-11H2,(H,20,24)(H,21,22);1H. The molecular weight excluding hydrogens is 354 g/mol. The molecule has 0 radical (unpaired) electrons. The molecule has 3 N–H and O–H groups in total. The Hall–Kier alpha value is -2.38. The topological polar surface area (TPSA) is 90.1 Å². The van der Waals surface area contributed by atoms with Crippen LogP contribution in [-0.2, 0) is 17.8 Å². The molecule has 1 aromatic carbocycles. The first-order valence-electron chi connectivity index (χ1n) is 8.63. The highest BCUT2D eigenvalue weighted by atomic mass is 35.5. The van der Waals surface area contributed by atoms with Crippen LogP contribution in [0.3, 0.4) is 0 Å². The molecule has 2 amide bonds. The van der Waals surface area contributed by atoms with Crippen LogP contribution in [0, 0.1) is 0 Å².